The van der Waals surface area contributed by atoms with Gasteiger partial charge in [0.2, 0.25) is 5.91 Å². The van der Waals surface area contributed by atoms with E-state index in [0.29, 0.717) is 18.3 Å². The van der Waals surface area contributed by atoms with Gasteiger partial charge in [-0.05, 0) is 80.4 Å². The number of aryl methyl sites for hydroxylation is 1. The summed E-state index contributed by atoms with van der Waals surface area (Å²) in [6.45, 7) is 4.23. The average molecular weight is 512 g/mol. The second-order valence-corrected chi connectivity index (χ2v) is 11.2. The molecule has 1 aromatic carbocycles. The Labute approximate surface area is 215 Å². The van der Waals surface area contributed by atoms with Crippen LogP contribution in [0.4, 0.5) is 10.2 Å². The molecule has 0 spiro atoms. The fourth-order valence-corrected chi connectivity index (χ4v) is 6.18. The van der Waals surface area contributed by atoms with Gasteiger partial charge in [0.1, 0.15) is 12.0 Å². The highest BCUT2D eigenvalue weighted by Gasteiger charge is 2.47. The lowest BCUT2D eigenvalue weighted by molar-refractivity contribution is -0.117. The van der Waals surface area contributed by atoms with E-state index in [4.69, 9.17) is 16.3 Å². The molecule has 1 N–H and O–H groups in total. The fourth-order valence-electron chi connectivity index (χ4n) is 5.86. The lowest BCUT2D eigenvalue weighted by Gasteiger charge is -2.43. The van der Waals surface area contributed by atoms with Crippen molar-refractivity contribution in [2.45, 2.75) is 49.7 Å². The summed E-state index contributed by atoms with van der Waals surface area (Å²) < 4.78 is 21.7. The first-order chi connectivity index (χ1) is 17.3. The molecule has 7 nitrogen and oxygen atoms in total. The second kappa shape index (κ2) is 9.08. The number of alkyl halides is 1. The summed E-state index contributed by atoms with van der Waals surface area (Å²) in [6.07, 6.45) is 5.35. The van der Waals surface area contributed by atoms with E-state index in [9.17, 15) is 9.18 Å². The number of ether oxygens (including phenoxy) is 1. The number of aromatic nitrogens is 3. The minimum Gasteiger partial charge on any atom is -0.376 e. The maximum Gasteiger partial charge on any atom is 0.229 e. The molecule has 6 rings (SSSR count). The van der Waals surface area contributed by atoms with Crippen LogP contribution >= 0.6 is 11.6 Å². The van der Waals surface area contributed by atoms with Crippen molar-refractivity contribution in [1.29, 1.82) is 0 Å². The predicted octanol–water partition coefficient (Wildman–Crippen LogP) is 4.67. The number of hydrogen-bond donors (Lipinski definition) is 1. The van der Waals surface area contributed by atoms with Crippen molar-refractivity contribution in [2.75, 3.05) is 31.6 Å². The molecule has 36 heavy (non-hydrogen) atoms. The molecule has 4 atom stereocenters. The molecular formula is C27H31ClFN5O2. The Morgan fingerprint density at radius 3 is 2.75 bits per heavy atom. The van der Waals surface area contributed by atoms with Gasteiger partial charge in [-0.3, -0.25) is 14.4 Å². The van der Waals surface area contributed by atoms with Crippen molar-refractivity contribution < 1.29 is 13.9 Å². The van der Waals surface area contributed by atoms with E-state index in [0.717, 1.165) is 59.4 Å². The lowest BCUT2D eigenvalue weighted by Crippen LogP contribution is -2.55. The number of halogens is 2. The Kier molecular flexibility index (Phi) is 6.01. The Morgan fingerprint density at radius 1 is 1.25 bits per heavy atom. The normalized spacial score (nSPS) is 29.1. The molecule has 0 bridgehead atoms. The van der Waals surface area contributed by atoms with E-state index in [1.807, 2.05) is 38.4 Å². The molecular weight excluding hydrogens is 481 g/mol. The number of rotatable bonds is 5. The largest absolute Gasteiger partial charge is 0.376 e. The van der Waals surface area contributed by atoms with Gasteiger partial charge in [-0.25, -0.2) is 9.37 Å². The average Bonchev–Trinajstić information content (AvgIpc) is 3.44. The first-order valence-electron chi connectivity index (χ1n) is 12.7. The summed E-state index contributed by atoms with van der Waals surface area (Å²) in [4.78, 5) is 19.5. The third kappa shape index (κ3) is 4.29. The van der Waals surface area contributed by atoms with E-state index in [2.05, 4.69) is 26.4 Å². The number of piperidine rings is 1. The molecule has 2 aliphatic heterocycles. The third-order valence-corrected chi connectivity index (χ3v) is 8.65. The number of nitrogens with zero attached hydrogens (tertiary/aromatic N) is 4. The summed E-state index contributed by atoms with van der Waals surface area (Å²) in [6, 6.07) is 7.98. The highest BCUT2D eigenvalue weighted by Crippen LogP contribution is 2.47. The van der Waals surface area contributed by atoms with Crippen molar-refractivity contribution >= 4 is 34.1 Å². The molecule has 1 amide bonds. The summed E-state index contributed by atoms with van der Waals surface area (Å²) in [5.41, 5.74) is 1.54. The molecule has 0 radical (unpaired) electrons. The van der Waals surface area contributed by atoms with Gasteiger partial charge in [-0.1, -0.05) is 11.6 Å². The van der Waals surface area contributed by atoms with Crippen LogP contribution in [0.3, 0.4) is 0 Å². The molecule has 3 aromatic rings. The topological polar surface area (TPSA) is 72.3 Å². The highest BCUT2D eigenvalue weighted by atomic mass is 35.5. The molecule has 0 unspecified atom stereocenters. The second-order valence-electron chi connectivity index (χ2n) is 10.7. The summed E-state index contributed by atoms with van der Waals surface area (Å²) in [5.74, 6) is 0.937. The zero-order valence-corrected chi connectivity index (χ0v) is 21.3. The van der Waals surface area contributed by atoms with E-state index in [1.54, 1.807) is 10.9 Å². The number of fused-ring (bicyclic) bond motifs is 1. The molecule has 190 valence electrons. The Hall–Kier alpha value is -2.55. The van der Waals surface area contributed by atoms with E-state index in [-0.39, 0.29) is 24.3 Å². The van der Waals surface area contributed by atoms with Crippen molar-refractivity contribution in [2.24, 2.45) is 13.0 Å². The number of carbonyl (C=O) groups excluding carboxylic acids is 1. The predicted molar refractivity (Wildman–Crippen MR) is 137 cm³/mol. The minimum absolute atomic E-state index is 0.0189. The number of amides is 1. The van der Waals surface area contributed by atoms with Crippen LogP contribution < -0.4 is 5.32 Å². The van der Waals surface area contributed by atoms with Crippen LogP contribution in [-0.2, 0) is 16.6 Å². The van der Waals surface area contributed by atoms with Gasteiger partial charge >= 0.3 is 0 Å². The van der Waals surface area contributed by atoms with E-state index in [1.165, 1.54) is 0 Å². The smallest absolute Gasteiger partial charge is 0.229 e. The van der Waals surface area contributed by atoms with Gasteiger partial charge in [-0.2, -0.15) is 5.10 Å². The number of benzene rings is 1. The number of pyridine rings is 1. The quantitative estimate of drug-likeness (QED) is 0.539. The number of nitrogens with one attached hydrogen (secondary N) is 1. The minimum atomic E-state index is -0.950. The van der Waals surface area contributed by atoms with Crippen LogP contribution in [0.1, 0.15) is 49.3 Å². The number of likely N-dealkylation sites (tertiary alicyclic amines) is 1. The molecule has 1 saturated carbocycles. The zero-order valence-electron chi connectivity index (χ0n) is 20.6. The highest BCUT2D eigenvalue weighted by molar-refractivity contribution is 6.32. The van der Waals surface area contributed by atoms with Crippen LogP contribution in [0.25, 0.3) is 10.8 Å². The van der Waals surface area contributed by atoms with Gasteiger partial charge in [-0.15, -0.1) is 0 Å². The van der Waals surface area contributed by atoms with Crippen molar-refractivity contribution in [3.63, 3.8) is 0 Å². The fraction of sp³-hybridized carbons (Fsp3) is 0.519. The van der Waals surface area contributed by atoms with Gasteiger partial charge < -0.3 is 10.1 Å². The summed E-state index contributed by atoms with van der Waals surface area (Å²) >= 11 is 6.70. The van der Waals surface area contributed by atoms with Crippen LogP contribution in [-0.4, -0.2) is 63.6 Å². The van der Waals surface area contributed by atoms with Gasteiger partial charge in [0.15, 0.2) is 0 Å². The standard InChI is InChI=1S/C27H31ClFN5O2/c1-27(15-36-14-24(27)29)34-7-3-16(4-8-34)19-9-17-11-25(30-13-18(17)10-22(19)28)31-26(35)21-12-20(21)23-5-6-33(2)32-23/h5-6,9-11,13,16,20-21,24H,3-4,7-8,12,14-15H2,1-2H3,(H,30,31,35)/t20-,21-,24-,27+/m1/s1. The zero-order chi connectivity index (χ0) is 25.0. The van der Waals surface area contributed by atoms with Crippen molar-refractivity contribution in [3.8, 4) is 0 Å². The third-order valence-electron chi connectivity index (χ3n) is 8.32. The lowest BCUT2D eigenvalue weighted by atomic mass is 9.85. The first-order valence-corrected chi connectivity index (χ1v) is 13.1. The van der Waals surface area contributed by atoms with E-state index >= 15 is 0 Å². The van der Waals surface area contributed by atoms with Crippen LogP contribution in [0.15, 0.2) is 36.7 Å². The Bertz CT molecular complexity index is 1310. The molecule has 2 aromatic heterocycles. The monoisotopic (exact) mass is 511 g/mol. The van der Waals surface area contributed by atoms with Crippen LogP contribution in [0.5, 0.6) is 0 Å². The van der Waals surface area contributed by atoms with Gasteiger partial charge in [0.05, 0.1) is 24.4 Å². The maximum absolute atomic E-state index is 14.5. The van der Waals surface area contributed by atoms with Crippen LogP contribution in [0, 0.1) is 5.92 Å². The first kappa shape index (κ1) is 23.8. The Balaban J connectivity index is 1.15. The molecule has 2 saturated heterocycles. The van der Waals surface area contributed by atoms with E-state index < -0.39 is 11.7 Å². The molecule has 1 aliphatic carbocycles. The Morgan fingerprint density at radius 2 is 2.06 bits per heavy atom. The van der Waals surface area contributed by atoms with Crippen LogP contribution in [0.2, 0.25) is 5.02 Å². The number of hydrogen-bond acceptors (Lipinski definition) is 5. The molecule has 4 heterocycles. The van der Waals surface area contributed by atoms with Gasteiger partial charge in [0.25, 0.3) is 0 Å². The SMILES string of the molecule is Cn1ccc([C@@H]2C[C@H]2C(=O)Nc2cc3cc(C4CCN([C@@]5(C)COC[C@H]5F)CC4)c(Cl)cc3cn2)n1. The number of anilines is 1. The molecule has 9 heteroatoms. The summed E-state index contributed by atoms with van der Waals surface area (Å²) in [7, 11) is 1.88. The summed E-state index contributed by atoms with van der Waals surface area (Å²) in [5, 5.41) is 10.1. The number of carbonyl (C=O) groups is 1. The van der Waals surface area contributed by atoms with Crippen molar-refractivity contribution in [3.05, 3.63) is 52.9 Å². The van der Waals surface area contributed by atoms with Gasteiger partial charge in [0, 0.05) is 41.7 Å². The van der Waals surface area contributed by atoms with Crippen molar-refractivity contribution in [1.82, 2.24) is 19.7 Å². The molecule has 3 aliphatic rings. The molecule has 3 fully saturated rings. The maximum atomic E-state index is 14.5.